The van der Waals surface area contributed by atoms with Crippen LogP contribution in [-0.4, -0.2) is 7.11 Å². The highest BCUT2D eigenvalue weighted by Crippen LogP contribution is 2.40. The number of para-hydroxylation sites is 1. The van der Waals surface area contributed by atoms with Gasteiger partial charge in [-0.3, -0.25) is 0 Å². The Kier molecular flexibility index (Phi) is 3.46. The second-order valence-corrected chi connectivity index (χ2v) is 4.37. The van der Waals surface area contributed by atoms with Gasteiger partial charge in [0.2, 0.25) is 0 Å². The van der Waals surface area contributed by atoms with Crippen molar-refractivity contribution in [3.05, 3.63) is 29.8 Å². The van der Waals surface area contributed by atoms with Gasteiger partial charge in [0.1, 0.15) is 5.75 Å². The van der Waals surface area contributed by atoms with E-state index in [0.29, 0.717) is 5.92 Å². The third-order valence-electron chi connectivity index (χ3n) is 3.47. The largest absolute Gasteiger partial charge is 0.496 e. The van der Waals surface area contributed by atoms with Crippen molar-refractivity contribution in [2.75, 3.05) is 7.11 Å². The highest BCUT2D eigenvalue weighted by molar-refractivity contribution is 5.37. The van der Waals surface area contributed by atoms with Crippen LogP contribution < -0.4 is 4.74 Å². The minimum Gasteiger partial charge on any atom is -0.496 e. The molecule has 0 amide bonds. The Labute approximate surface area is 96.9 Å². The molecular weight excluding hydrogens is 198 g/mol. The lowest BCUT2D eigenvalue weighted by molar-refractivity contribution is 0.349. The van der Waals surface area contributed by atoms with Crippen LogP contribution in [0.25, 0.3) is 0 Å². The second kappa shape index (κ2) is 5.03. The number of nitrogens with zero attached hydrogens (tertiary/aromatic N) is 1. The summed E-state index contributed by atoms with van der Waals surface area (Å²) in [5, 5.41) is 9.20. The Morgan fingerprint density at radius 2 is 2.00 bits per heavy atom. The summed E-state index contributed by atoms with van der Waals surface area (Å²) in [4.78, 5) is 0. The molecule has 0 radical (unpaired) electrons. The van der Waals surface area contributed by atoms with Gasteiger partial charge in [-0.2, -0.15) is 5.26 Å². The van der Waals surface area contributed by atoms with Gasteiger partial charge in [-0.1, -0.05) is 31.0 Å². The summed E-state index contributed by atoms with van der Waals surface area (Å²) in [6.07, 6.45) is 4.54. The first-order valence-corrected chi connectivity index (χ1v) is 5.89. The highest BCUT2D eigenvalue weighted by Gasteiger charge is 2.28. The molecule has 1 fully saturated rings. The van der Waals surface area contributed by atoms with E-state index in [1.54, 1.807) is 7.11 Å². The van der Waals surface area contributed by atoms with Gasteiger partial charge in [0, 0.05) is 5.92 Å². The third-order valence-corrected chi connectivity index (χ3v) is 3.47. The zero-order valence-corrected chi connectivity index (χ0v) is 9.65. The molecule has 0 N–H and O–H groups in total. The SMILES string of the molecule is COc1ccccc1C1CCCCC1C#N. The smallest absolute Gasteiger partial charge is 0.122 e. The number of hydrogen-bond donors (Lipinski definition) is 0. The molecule has 0 bridgehead atoms. The summed E-state index contributed by atoms with van der Waals surface area (Å²) < 4.78 is 5.38. The molecule has 1 aliphatic rings. The fourth-order valence-corrected chi connectivity index (χ4v) is 2.63. The van der Waals surface area contributed by atoms with Crippen LogP contribution in [0.3, 0.4) is 0 Å². The van der Waals surface area contributed by atoms with Gasteiger partial charge in [-0.15, -0.1) is 0 Å². The van der Waals surface area contributed by atoms with Crippen molar-refractivity contribution in [3.8, 4) is 11.8 Å². The van der Waals surface area contributed by atoms with Crippen molar-refractivity contribution < 1.29 is 4.74 Å². The number of hydrogen-bond acceptors (Lipinski definition) is 2. The summed E-state index contributed by atoms with van der Waals surface area (Å²) in [6, 6.07) is 10.5. The van der Waals surface area contributed by atoms with E-state index in [1.165, 1.54) is 18.4 Å². The van der Waals surface area contributed by atoms with Crippen LogP contribution in [-0.2, 0) is 0 Å². The molecule has 2 unspecified atom stereocenters. The lowest BCUT2D eigenvalue weighted by Crippen LogP contribution is -2.16. The number of benzene rings is 1. The maximum absolute atomic E-state index is 9.20. The molecule has 2 heteroatoms. The lowest BCUT2D eigenvalue weighted by Gasteiger charge is -2.28. The molecule has 1 aromatic carbocycles. The van der Waals surface area contributed by atoms with Gasteiger partial charge in [-0.25, -0.2) is 0 Å². The Bertz CT molecular complexity index is 394. The minimum absolute atomic E-state index is 0.157. The van der Waals surface area contributed by atoms with E-state index >= 15 is 0 Å². The molecule has 1 saturated carbocycles. The maximum atomic E-state index is 9.20. The Hall–Kier alpha value is -1.49. The molecule has 2 nitrogen and oxygen atoms in total. The van der Waals surface area contributed by atoms with E-state index in [-0.39, 0.29) is 5.92 Å². The fraction of sp³-hybridized carbons (Fsp3) is 0.500. The average Bonchev–Trinajstić information content (AvgIpc) is 2.38. The normalized spacial score (nSPS) is 24.8. The van der Waals surface area contributed by atoms with Crippen LogP contribution in [0.1, 0.15) is 37.2 Å². The average molecular weight is 215 g/mol. The van der Waals surface area contributed by atoms with Crippen LogP contribution in [0.5, 0.6) is 5.75 Å². The molecule has 2 atom stereocenters. The molecule has 1 aliphatic carbocycles. The molecule has 0 heterocycles. The Balaban J connectivity index is 2.31. The standard InChI is InChI=1S/C14H17NO/c1-16-14-9-5-4-8-13(14)12-7-3-2-6-11(12)10-15/h4-5,8-9,11-12H,2-3,6-7H2,1H3. The zero-order chi connectivity index (χ0) is 11.4. The van der Waals surface area contributed by atoms with E-state index in [9.17, 15) is 5.26 Å². The van der Waals surface area contributed by atoms with Crippen molar-refractivity contribution in [3.63, 3.8) is 0 Å². The van der Waals surface area contributed by atoms with Crippen LogP contribution in [0.4, 0.5) is 0 Å². The van der Waals surface area contributed by atoms with E-state index in [1.807, 2.05) is 18.2 Å². The van der Waals surface area contributed by atoms with E-state index in [2.05, 4.69) is 12.1 Å². The first-order valence-electron chi connectivity index (χ1n) is 5.89. The highest BCUT2D eigenvalue weighted by atomic mass is 16.5. The fourth-order valence-electron chi connectivity index (χ4n) is 2.63. The van der Waals surface area contributed by atoms with Crippen LogP contribution in [0.15, 0.2) is 24.3 Å². The molecular formula is C14H17NO. The van der Waals surface area contributed by atoms with E-state index < -0.39 is 0 Å². The summed E-state index contributed by atoms with van der Waals surface area (Å²) >= 11 is 0. The van der Waals surface area contributed by atoms with Gasteiger partial charge in [0.15, 0.2) is 0 Å². The van der Waals surface area contributed by atoms with Crippen LogP contribution in [0.2, 0.25) is 0 Å². The van der Waals surface area contributed by atoms with Crippen LogP contribution >= 0.6 is 0 Å². The molecule has 1 aromatic rings. The van der Waals surface area contributed by atoms with Crippen molar-refractivity contribution in [2.24, 2.45) is 5.92 Å². The van der Waals surface area contributed by atoms with E-state index in [4.69, 9.17) is 4.74 Å². The van der Waals surface area contributed by atoms with Crippen molar-refractivity contribution in [2.45, 2.75) is 31.6 Å². The van der Waals surface area contributed by atoms with Gasteiger partial charge in [0.05, 0.1) is 19.1 Å². The first kappa shape index (κ1) is 11.0. The maximum Gasteiger partial charge on any atom is 0.122 e. The van der Waals surface area contributed by atoms with Gasteiger partial charge >= 0.3 is 0 Å². The topological polar surface area (TPSA) is 33.0 Å². The van der Waals surface area contributed by atoms with Gasteiger partial charge < -0.3 is 4.74 Å². The molecule has 0 aliphatic heterocycles. The predicted octanol–water partition coefficient (Wildman–Crippen LogP) is 3.49. The second-order valence-electron chi connectivity index (χ2n) is 4.37. The summed E-state index contributed by atoms with van der Waals surface area (Å²) in [6.45, 7) is 0. The molecule has 0 aromatic heterocycles. The van der Waals surface area contributed by atoms with Gasteiger partial charge in [0.25, 0.3) is 0 Å². The summed E-state index contributed by atoms with van der Waals surface area (Å²) in [7, 11) is 1.70. The number of nitriles is 1. The van der Waals surface area contributed by atoms with Crippen LogP contribution in [0, 0.1) is 17.2 Å². The third kappa shape index (κ3) is 2.04. The first-order chi connectivity index (χ1) is 7.86. The molecule has 84 valence electrons. The monoisotopic (exact) mass is 215 g/mol. The summed E-state index contributed by atoms with van der Waals surface area (Å²) in [5.74, 6) is 1.44. The van der Waals surface area contributed by atoms with Gasteiger partial charge in [-0.05, 0) is 24.5 Å². The number of ether oxygens (including phenoxy) is 1. The quantitative estimate of drug-likeness (QED) is 0.756. The zero-order valence-electron chi connectivity index (χ0n) is 9.65. The Morgan fingerprint density at radius 3 is 2.75 bits per heavy atom. The lowest BCUT2D eigenvalue weighted by atomic mass is 9.76. The number of rotatable bonds is 2. The van der Waals surface area contributed by atoms with Crippen molar-refractivity contribution in [1.29, 1.82) is 5.26 Å². The molecule has 16 heavy (non-hydrogen) atoms. The molecule has 2 rings (SSSR count). The molecule has 0 saturated heterocycles. The van der Waals surface area contributed by atoms with Crippen molar-refractivity contribution >= 4 is 0 Å². The van der Waals surface area contributed by atoms with E-state index in [0.717, 1.165) is 18.6 Å². The van der Waals surface area contributed by atoms with Crippen molar-refractivity contribution in [1.82, 2.24) is 0 Å². The minimum atomic E-state index is 0.157. The number of methoxy groups -OCH3 is 1. The summed E-state index contributed by atoms with van der Waals surface area (Å²) in [5.41, 5.74) is 1.20. The molecule has 0 spiro atoms. The Morgan fingerprint density at radius 1 is 1.25 bits per heavy atom. The predicted molar refractivity (Wildman–Crippen MR) is 63.3 cm³/mol.